The van der Waals surface area contributed by atoms with Crippen molar-refractivity contribution in [3.63, 3.8) is 0 Å². The molecule has 0 bridgehead atoms. The van der Waals surface area contributed by atoms with Gasteiger partial charge in [-0.25, -0.2) is 0 Å². The molecule has 0 aliphatic rings. The molecule has 0 spiro atoms. The van der Waals surface area contributed by atoms with Gasteiger partial charge in [-0.15, -0.1) is 0 Å². The van der Waals surface area contributed by atoms with Gasteiger partial charge in [0.2, 0.25) is 0 Å². The zero-order valence-corrected chi connectivity index (χ0v) is 12.9. The van der Waals surface area contributed by atoms with Crippen LogP contribution in [0.25, 0.3) is 0 Å². The van der Waals surface area contributed by atoms with E-state index in [2.05, 4.69) is 25.8 Å². The van der Waals surface area contributed by atoms with E-state index in [0.29, 0.717) is 11.5 Å². The Bertz CT molecular complexity index is 586. The van der Waals surface area contributed by atoms with Crippen LogP contribution in [-0.2, 0) is 6.54 Å². The van der Waals surface area contributed by atoms with Crippen molar-refractivity contribution in [3.05, 3.63) is 58.3 Å². The number of halogens is 1. The molecular formula is C14H14BrN3S. The number of benzene rings is 1. The minimum Gasteiger partial charge on any atom is -0.389 e. The summed E-state index contributed by atoms with van der Waals surface area (Å²) in [5.41, 5.74) is 8.65. The second kappa shape index (κ2) is 6.12. The van der Waals surface area contributed by atoms with E-state index in [0.717, 1.165) is 21.4 Å². The number of nitrogens with zero attached hydrogens (tertiary/aromatic N) is 2. The number of nitrogens with two attached hydrogens (primary N) is 1. The Kier molecular flexibility index (Phi) is 4.50. The summed E-state index contributed by atoms with van der Waals surface area (Å²) in [6.45, 7) is 0.706. The van der Waals surface area contributed by atoms with Gasteiger partial charge in [0.05, 0.1) is 12.2 Å². The number of hydrogen-bond donors (Lipinski definition) is 1. The fraction of sp³-hybridized carbons (Fsp3) is 0.143. The van der Waals surface area contributed by atoms with E-state index >= 15 is 0 Å². The Morgan fingerprint density at radius 1 is 1.37 bits per heavy atom. The maximum Gasteiger partial charge on any atom is 0.106 e. The lowest BCUT2D eigenvalue weighted by molar-refractivity contribution is 0.884. The number of aromatic nitrogens is 1. The van der Waals surface area contributed by atoms with Gasteiger partial charge in [-0.2, -0.15) is 0 Å². The van der Waals surface area contributed by atoms with Crippen molar-refractivity contribution in [3.8, 4) is 0 Å². The molecule has 0 aliphatic heterocycles. The van der Waals surface area contributed by atoms with Crippen molar-refractivity contribution in [1.82, 2.24) is 4.98 Å². The molecule has 98 valence electrons. The fourth-order valence-electron chi connectivity index (χ4n) is 1.86. The molecule has 0 atom stereocenters. The van der Waals surface area contributed by atoms with Crippen molar-refractivity contribution in [2.75, 3.05) is 11.9 Å². The Hall–Kier alpha value is -1.46. The monoisotopic (exact) mass is 335 g/mol. The topological polar surface area (TPSA) is 42.2 Å². The minimum absolute atomic E-state index is 0.393. The molecule has 0 radical (unpaired) electrons. The van der Waals surface area contributed by atoms with Crippen LogP contribution in [0, 0.1) is 0 Å². The lowest BCUT2D eigenvalue weighted by Gasteiger charge is -2.22. The highest BCUT2D eigenvalue weighted by atomic mass is 79.9. The summed E-state index contributed by atoms with van der Waals surface area (Å²) in [5.74, 6) is 0. The molecule has 0 amide bonds. The third kappa shape index (κ3) is 3.52. The van der Waals surface area contributed by atoms with Crippen molar-refractivity contribution in [1.29, 1.82) is 0 Å². The SMILES string of the molecule is CN(Cc1ccccn1)c1ccc(Br)cc1C(N)=S. The van der Waals surface area contributed by atoms with E-state index in [1.807, 2.05) is 43.4 Å². The van der Waals surface area contributed by atoms with Gasteiger partial charge in [0.1, 0.15) is 4.99 Å². The van der Waals surface area contributed by atoms with E-state index < -0.39 is 0 Å². The summed E-state index contributed by atoms with van der Waals surface area (Å²) in [5, 5.41) is 0. The molecule has 0 saturated carbocycles. The number of anilines is 1. The molecular weight excluding hydrogens is 322 g/mol. The van der Waals surface area contributed by atoms with Crippen LogP contribution in [0.2, 0.25) is 0 Å². The van der Waals surface area contributed by atoms with Gasteiger partial charge in [0.15, 0.2) is 0 Å². The fourth-order valence-corrected chi connectivity index (χ4v) is 2.38. The summed E-state index contributed by atoms with van der Waals surface area (Å²) < 4.78 is 0.963. The summed E-state index contributed by atoms with van der Waals surface area (Å²) in [6.07, 6.45) is 1.79. The van der Waals surface area contributed by atoms with Crippen LogP contribution in [0.15, 0.2) is 47.1 Å². The number of pyridine rings is 1. The predicted octanol–water partition coefficient (Wildman–Crippen LogP) is 3.11. The Morgan fingerprint density at radius 2 is 2.16 bits per heavy atom. The first-order valence-corrected chi connectivity index (χ1v) is 6.98. The second-order valence-corrected chi connectivity index (χ2v) is 5.56. The highest BCUT2D eigenvalue weighted by molar-refractivity contribution is 9.10. The Balaban J connectivity index is 2.28. The molecule has 1 heterocycles. The third-order valence-corrected chi connectivity index (χ3v) is 3.47. The minimum atomic E-state index is 0.393. The van der Waals surface area contributed by atoms with Gasteiger partial charge in [-0.1, -0.05) is 34.2 Å². The molecule has 3 nitrogen and oxygen atoms in total. The Morgan fingerprint density at radius 3 is 2.79 bits per heavy atom. The second-order valence-electron chi connectivity index (χ2n) is 4.20. The smallest absolute Gasteiger partial charge is 0.106 e. The van der Waals surface area contributed by atoms with E-state index in [9.17, 15) is 0 Å². The van der Waals surface area contributed by atoms with Crippen molar-refractivity contribution < 1.29 is 0 Å². The van der Waals surface area contributed by atoms with Crippen LogP contribution in [-0.4, -0.2) is 17.0 Å². The highest BCUT2D eigenvalue weighted by Crippen LogP contribution is 2.24. The van der Waals surface area contributed by atoms with Crippen molar-refractivity contribution in [2.24, 2.45) is 5.73 Å². The van der Waals surface area contributed by atoms with E-state index in [4.69, 9.17) is 18.0 Å². The first-order chi connectivity index (χ1) is 9.08. The standard InChI is InChI=1S/C14H14BrN3S/c1-18(9-11-4-2-3-7-17-11)13-6-5-10(15)8-12(13)14(16)19/h2-8H,9H2,1H3,(H2,16,19). The highest BCUT2D eigenvalue weighted by Gasteiger charge is 2.11. The lowest BCUT2D eigenvalue weighted by atomic mass is 10.1. The molecule has 19 heavy (non-hydrogen) atoms. The van der Waals surface area contributed by atoms with Crippen LogP contribution >= 0.6 is 28.1 Å². The number of thiocarbonyl (C=S) groups is 1. The third-order valence-electron chi connectivity index (χ3n) is 2.76. The molecule has 0 unspecified atom stereocenters. The van der Waals surface area contributed by atoms with Gasteiger partial charge in [0.25, 0.3) is 0 Å². The van der Waals surface area contributed by atoms with Crippen LogP contribution in [0.5, 0.6) is 0 Å². The molecule has 2 aromatic rings. The average molecular weight is 336 g/mol. The Labute approximate surface area is 126 Å². The molecule has 5 heteroatoms. The van der Waals surface area contributed by atoms with Crippen LogP contribution < -0.4 is 10.6 Å². The van der Waals surface area contributed by atoms with Crippen molar-refractivity contribution in [2.45, 2.75) is 6.54 Å². The maximum atomic E-state index is 5.78. The van der Waals surface area contributed by atoms with E-state index in [1.165, 1.54) is 0 Å². The summed E-state index contributed by atoms with van der Waals surface area (Å²) in [4.78, 5) is 6.80. The molecule has 2 N–H and O–H groups in total. The average Bonchev–Trinajstić information content (AvgIpc) is 2.39. The lowest BCUT2D eigenvalue weighted by Crippen LogP contribution is -2.22. The summed E-state index contributed by atoms with van der Waals surface area (Å²) in [6, 6.07) is 11.8. The summed E-state index contributed by atoms with van der Waals surface area (Å²) in [7, 11) is 2.00. The molecule has 2 rings (SSSR count). The van der Waals surface area contributed by atoms with Crippen molar-refractivity contribution >= 4 is 38.8 Å². The van der Waals surface area contributed by atoms with Gasteiger partial charge in [0, 0.05) is 29.0 Å². The number of rotatable bonds is 4. The molecule has 1 aromatic carbocycles. The van der Waals surface area contributed by atoms with Gasteiger partial charge in [-0.05, 0) is 30.3 Å². The molecule has 0 aliphatic carbocycles. The first kappa shape index (κ1) is 14.0. The normalized spacial score (nSPS) is 10.2. The van der Waals surface area contributed by atoms with Gasteiger partial charge < -0.3 is 10.6 Å². The quantitative estimate of drug-likeness (QED) is 0.871. The maximum absolute atomic E-state index is 5.78. The van der Waals surface area contributed by atoms with Crippen LogP contribution in [0.1, 0.15) is 11.3 Å². The molecule has 0 fully saturated rings. The molecule has 1 aromatic heterocycles. The summed E-state index contributed by atoms with van der Waals surface area (Å²) >= 11 is 8.54. The zero-order valence-electron chi connectivity index (χ0n) is 10.5. The van der Waals surface area contributed by atoms with Gasteiger partial charge >= 0.3 is 0 Å². The predicted molar refractivity (Wildman–Crippen MR) is 86.4 cm³/mol. The molecule has 0 saturated heterocycles. The van der Waals surface area contributed by atoms with Crippen LogP contribution in [0.3, 0.4) is 0 Å². The van der Waals surface area contributed by atoms with Gasteiger partial charge in [-0.3, -0.25) is 4.98 Å². The zero-order chi connectivity index (χ0) is 13.8. The van der Waals surface area contributed by atoms with Crippen LogP contribution in [0.4, 0.5) is 5.69 Å². The number of hydrogen-bond acceptors (Lipinski definition) is 3. The first-order valence-electron chi connectivity index (χ1n) is 5.78. The van der Waals surface area contributed by atoms with E-state index in [-0.39, 0.29) is 0 Å². The largest absolute Gasteiger partial charge is 0.389 e. The van der Waals surface area contributed by atoms with E-state index in [1.54, 1.807) is 6.20 Å².